The quantitative estimate of drug-likeness (QED) is 0.299. The van der Waals surface area contributed by atoms with Crippen LogP contribution in [-0.2, 0) is 31.2 Å². The zero-order valence-corrected chi connectivity index (χ0v) is 5.66. The van der Waals surface area contributed by atoms with Crippen LogP contribution in [0.1, 0.15) is 6.92 Å². The van der Waals surface area contributed by atoms with Gasteiger partial charge >= 0.3 is 5.97 Å². The molecule has 0 saturated carbocycles. The van der Waals surface area contributed by atoms with Crippen molar-refractivity contribution >= 4 is 5.97 Å². The average Bonchev–Trinajstić information content (AvgIpc) is 1.35. The number of carbonyl (C=O) groups is 1. The molecule has 0 aliphatic heterocycles. The number of ether oxygens (including phenoxy) is 1. The molecule has 0 aliphatic carbocycles. The molecule has 0 fully saturated rings. The second-order valence-electron chi connectivity index (χ2n) is 0.776. The number of rotatable bonds is 1. The van der Waals surface area contributed by atoms with Gasteiger partial charge in [-0.1, -0.05) is 6.58 Å². The van der Waals surface area contributed by atoms with Gasteiger partial charge in [-0.15, -0.1) is 0 Å². The fraction of sp³-hybridized carbons (Fsp3) is 0.250. The van der Waals surface area contributed by atoms with E-state index >= 15 is 0 Å². The van der Waals surface area contributed by atoms with E-state index in [4.69, 9.17) is 0 Å². The van der Waals surface area contributed by atoms with E-state index in [1.807, 2.05) is 0 Å². The molecule has 0 saturated heterocycles. The molecule has 0 heterocycles. The summed E-state index contributed by atoms with van der Waals surface area (Å²) in [6, 6.07) is 0. The van der Waals surface area contributed by atoms with E-state index in [9.17, 15) is 4.79 Å². The minimum Gasteiger partial charge on any atom is -0.435 e. The molecule has 0 atom stereocenters. The largest absolute Gasteiger partial charge is 0.435 e. The van der Waals surface area contributed by atoms with Crippen molar-refractivity contribution in [2.24, 2.45) is 0 Å². The molecule has 0 rings (SSSR count). The molecular formula is C4H6O2Ti. The van der Waals surface area contributed by atoms with Crippen LogP contribution in [0.4, 0.5) is 0 Å². The third-order valence-corrected chi connectivity index (χ3v) is 0.249. The van der Waals surface area contributed by atoms with Crippen molar-refractivity contribution in [2.45, 2.75) is 6.92 Å². The van der Waals surface area contributed by atoms with Gasteiger partial charge in [0.25, 0.3) is 0 Å². The van der Waals surface area contributed by atoms with E-state index in [-0.39, 0.29) is 27.7 Å². The van der Waals surface area contributed by atoms with E-state index in [0.717, 1.165) is 6.26 Å². The van der Waals surface area contributed by atoms with E-state index < -0.39 is 0 Å². The zero-order chi connectivity index (χ0) is 4.99. The monoisotopic (exact) mass is 134 g/mol. The molecule has 7 heavy (non-hydrogen) atoms. The van der Waals surface area contributed by atoms with Crippen LogP contribution in [0.5, 0.6) is 0 Å². The topological polar surface area (TPSA) is 26.3 Å². The zero-order valence-electron chi connectivity index (χ0n) is 4.10. The van der Waals surface area contributed by atoms with E-state index in [0.29, 0.717) is 0 Å². The van der Waals surface area contributed by atoms with Crippen LogP contribution in [-0.4, -0.2) is 5.97 Å². The molecular weight excluding hydrogens is 128 g/mol. The van der Waals surface area contributed by atoms with Crippen LogP contribution in [0.3, 0.4) is 0 Å². The second-order valence-corrected chi connectivity index (χ2v) is 0.776. The molecule has 0 radical (unpaired) electrons. The standard InChI is InChI=1S/C4H6O2.Ti/c1-3-6-4(2)5;/h3H,1H2,2H3;. The number of carbonyl (C=O) groups excluding carboxylic acids is 1. The van der Waals surface area contributed by atoms with Crippen LogP contribution >= 0.6 is 0 Å². The minimum absolute atomic E-state index is 0. The first-order chi connectivity index (χ1) is 2.77. The van der Waals surface area contributed by atoms with Crippen LogP contribution in [0.15, 0.2) is 12.8 Å². The maximum absolute atomic E-state index is 9.75. The van der Waals surface area contributed by atoms with Gasteiger partial charge in [-0.3, -0.25) is 4.79 Å². The van der Waals surface area contributed by atoms with Gasteiger partial charge in [0, 0.05) is 28.6 Å². The number of esters is 1. The van der Waals surface area contributed by atoms with Crippen molar-refractivity contribution in [3.8, 4) is 0 Å². The van der Waals surface area contributed by atoms with Crippen molar-refractivity contribution in [3.63, 3.8) is 0 Å². The average molecular weight is 134 g/mol. The maximum Gasteiger partial charge on any atom is 0.307 e. The van der Waals surface area contributed by atoms with Crippen LogP contribution < -0.4 is 0 Å². The molecule has 0 spiro atoms. The van der Waals surface area contributed by atoms with Gasteiger partial charge in [0.1, 0.15) is 0 Å². The van der Waals surface area contributed by atoms with Gasteiger partial charge < -0.3 is 4.74 Å². The van der Waals surface area contributed by atoms with E-state index in [1.54, 1.807) is 0 Å². The van der Waals surface area contributed by atoms with Crippen molar-refractivity contribution in [1.82, 2.24) is 0 Å². The third kappa shape index (κ3) is 10.7. The number of hydrogen-bond acceptors (Lipinski definition) is 2. The SMILES string of the molecule is C=COC(C)=O.[Ti]. The fourth-order valence-corrected chi connectivity index (χ4v) is 0.117. The second kappa shape index (κ2) is 5.92. The van der Waals surface area contributed by atoms with Gasteiger partial charge in [0.2, 0.25) is 0 Å². The summed E-state index contributed by atoms with van der Waals surface area (Å²) in [5, 5.41) is 0. The van der Waals surface area contributed by atoms with Crippen molar-refractivity contribution in [1.29, 1.82) is 0 Å². The third-order valence-electron chi connectivity index (χ3n) is 0.249. The molecule has 2 nitrogen and oxygen atoms in total. The maximum atomic E-state index is 9.75. The molecule has 0 aromatic rings. The fourth-order valence-electron chi connectivity index (χ4n) is 0.117. The van der Waals surface area contributed by atoms with Gasteiger partial charge in [-0.25, -0.2) is 0 Å². The van der Waals surface area contributed by atoms with Crippen LogP contribution in [0.2, 0.25) is 0 Å². The predicted octanol–water partition coefficient (Wildman–Crippen LogP) is 0.690. The molecule has 0 bridgehead atoms. The smallest absolute Gasteiger partial charge is 0.307 e. The first-order valence-corrected chi connectivity index (χ1v) is 1.55. The van der Waals surface area contributed by atoms with E-state index in [1.165, 1.54) is 6.92 Å². The molecule has 3 heteroatoms. The first kappa shape index (κ1) is 10.0. The minimum atomic E-state index is -0.329. The Morgan fingerprint density at radius 2 is 2.29 bits per heavy atom. The molecule has 0 N–H and O–H groups in total. The Morgan fingerprint density at radius 3 is 2.29 bits per heavy atom. The van der Waals surface area contributed by atoms with Crippen molar-refractivity contribution < 1.29 is 31.2 Å². The summed E-state index contributed by atoms with van der Waals surface area (Å²) in [5.74, 6) is -0.329. The van der Waals surface area contributed by atoms with Gasteiger partial charge in [-0.2, -0.15) is 0 Å². The van der Waals surface area contributed by atoms with E-state index in [2.05, 4.69) is 11.3 Å². The van der Waals surface area contributed by atoms with Gasteiger partial charge in [0.05, 0.1) is 6.26 Å². The summed E-state index contributed by atoms with van der Waals surface area (Å²) in [6.07, 6.45) is 1.10. The Balaban J connectivity index is 0. The molecule has 0 unspecified atom stereocenters. The van der Waals surface area contributed by atoms with Crippen LogP contribution in [0.25, 0.3) is 0 Å². The Hall–Kier alpha value is -0.0757. The summed E-state index contributed by atoms with van der Waals surface area (Å²) in [4.78, 5) is 9.75. The Kier molecular flexibility index (Phi) is 8.48. The Labute approximate surface area is 57.4 Å². The predicted molar refractivity (Wildman–Crippen MR) is 22.0 cm³/mol. The Bertz CT molecular complexity index is 70.1. The summed E-state index contributed by atoms with van der Waals surface area (Å²) in [5.41, 5.74) is 0. The first-order valence-electron chi connectivity index (χ1n) is 1.55. The summed E-state index contributed by atoms with van der Waals surface area (Å²) in [6.45, 7) is 4.48. The summed E-state index contributed by atoms with van der Waals surface area (Å²) < 4.78 is 4.17. The molecule has 0 aromatic carbocycles. The number of hydrogen-bond donors (Lipinski definition) is 0. The molecule has 0 aromatic heterocycles. The Morgan fingerprint density at radius 1 is 1.86 bits per heavy atom. The molecule has 38 valence electrons. The van der Waals surface area contributed by atoms with Crippen LogP contribution in [0, 0.1) is 0 Å². The van der Waals surface area contributed by atoms with Gasteiger partial charge in [0.15, 0.2) is 0 Å². The van der Waals surface area contributed by atoms with Crippen molar-refractivity contribution in [2.75, 3.05) is 0 Å². The van der Waals surface area contributed by atoms with Gasteiger partial charge in [-0.05, 0) is 0 Å². The summed E-state index contributed by atoms with van der Waals surface area (Å²) >= 11 is 0. The normalized spacial score (nSPS) is 5.86. The van der Waals surface area contributed by atoms with Crippen molar-refractivity contribution in [3.05, 3.63) is 12.8 Å². The molecule has 0 aliphatic rings. The summed E-state index contributed by atoms with van der Waals surface area (Å²) in [7, 11) is 0. The molecule has 0 amide bonds.